The molecule has 0 heterocycles. The van der Waals surface area contributed by atoms with Crippen molar-refractivity contribution in [3.8, 4) is 0 Å². The second-order valence-electron chi connectivity index (χ2n) is 7.14. The van der Waals surface area contributed by atoms with Gasteiger partial charge in [-0.15, -0.1) is 0 Å². The number of benzene rings is 1. The van der Waals surface area contributed by atoms with Crippen molar-refractivity contribution in [3.05, 3.63) is 35.4 Å². The first-order valence-electron chi connectivity index (χ1n) is 10.1. The Kier molecular flexibility index (Phi) is 11.4. The van der Waals surface area contributed by atoms with Crippen LogP contribution in [0.3, 0.4) is 0 Å². The lowest BCUT2D eigenvalue weighted by atomic mass is 10.0. The maximum absolute atomic E-state index is 11.7. The summed E-state index contributed by atoms with van der Waals surface area (Å²) in [6.07, 6.45) is 11.9. The molecule has 0 radical (unpaired) electrons. The molecule has 0 aliphatic heterocycles. The zero-order valence-electron chi connectivity index (χ0n) is 16.4. The van der Waals surface area contributed by atoms with Crippen LogP contribution in [0.5, 0.6) is 0 Å². The van der Waals surface area contributed by atoms with Crippen LogP contribution >= 0.6 is 8.03 Å². The molecular weight excluding hydrogens is 329 g/mol. The summed E-state index contributed by atoms with van der Waals surface area (Å²) in [4.78, 5) is 9.66. The minimum atomic E-state index is -2.60. The lowest BCUT2D eigenvalue weighted by Crippen LogP contribution is -2.40. The molecule has 144 valence electrons. The van der Waals surface area contributed by atoms with Crippen LogP contribution in [0.2, 0.25) is 0 Å². The molecule has 1 aromatic carbocycles. The van der Waals surface area contributed by atoms with E-state index < -0.39 is 13.3 Å². The second kappa shape index (κ2) is 12.7. The molecule has 4 heteroatoms. The van der Waals surface area contributed by atoms with E-state index in [1.54, 1.807) is 0 Å². The smallest absolute Gasteiger partial charge is 0.208 e. The molecule has 1 unspecified atom stereocenters. The normalized spacial score (nSPS) is 13.1. The van der Waals surface area contributed by atoms with Gasteiger partial charge in [-0.3, -0.25) is 9.88 Å². The zero-order valence-corrected chi connectivity index (χ0v) is 17.4. The maximum Gasteiger partial charge on any atom is 0.208 e. The van der Waals surface area contributed by atoms with Crippen molar-refractivity contribution in [2.75, 3.05) is 0 Å². The summed E-state index contributed by atoms with van der Waals surface area (Å²) in [5, 5.41) is 2.70. The van der Waals surface area contributed by atoms with Crippen molar-refractivity contribution in [1.82, 2.24) is 5.32 Å². The summed E-state index contributed by atoms with van der Waals surface area (Å²) in [7, 11) is -2.60. The Hall–Kier alpha value is -0.630. The number of hydrogen-bond acceptors (Lipinski definition) is 2. The summed E-state index contributed by atoms with van der Waals surface area (Å²) in [5.74, 6) is 0. The number of unbranched alkanes of at least 4 members (excludes halogenated alkanes) is 6. The Morgan fingerprint density at radius 1 is 0.880 bits per heavy atom. The van der Waals surface area contributed by atoms with Crippen LogP contribution in [0.25, 0.3) is 0 Å². The Morgan fingerprint density at radius 3 is 1.92 bits per heavy atom. The molecule has 0 saturated carbocycles. The van der Waals surface area contributed by atoms with E-state index in [9.17, 15) is 9.46 Å². The largest absolute Gasteiger partial charge is 0.345 e. The van der Waals surface area contributed by atoms with E-state index >= 15 is 0 Å². The van der Waals surface area contributed by atoms with E-state index in [0.717, 1.165) is 6.42 Å². The third-order valence-corrected chi connectivity index (χ3v) is 7.04. The van der Waals surface area contributed by atoms with Gasteiger partial charge in [-0.05, 0) is 36.8 Å². The van der Waals surface area contributed by atoms with Gasteiger partial charge < -0.3 is 4.89 Å². The Balaban J connectivity index is 2.35. The molecule has 3 nitrogen and oxygen atoms in total. The fourth-order valence-electron chi connectivity index (χ4n) is 3.26. The van der Waals surface area contributed by atoms with Gasteiger partial charge in [0.25, 0.3) is 0 Å². The van der Waals surface area contributed by atoms with E-state index in [-0.39, 0.29) is 0 Å². The lowest BCUT2D eigenvalue weighted by Gasteiger charge is -2.30. The number of rotatable bonds is 14. The topological polar surface area (TPSA) is 49.3 Å². The third kappa shape index (κ3) is 8.07. The summed E-state index contributed by atoms with van der Waals surface area (Å²) in [5.41, 5.74) is 2.57. The lowest BCUT2D eigenvalue weighted by molar-refractivity contribution is 0.367. The maximum atomic E-state index is 11.7. The van der Waals surface area contributed by atoms with Crippen LogP contribution in [-0.2, 0) is 17.5 Å². The van der Waals surface area contributed by atoms with Gasteiger partial charge in [0.05, 0.1) is 5.28 Å². The average Bonchev–Trinajstić information content (AvgIpc) is 2.63. The van der Waals surface area contributed by atoms with Crippen LogP contribution < -0.4 is 5.32 Å². The molecule has 25 heavy (non-hydrogen) atoms. The molecule has 0 aromatic heterocycles. The molecule has 1 rings (SSSR count). The van der Waals surface area contributed by atoms with Crippen molar-refractivity contribution in [2.24, 2.45) is 0 Å². The Bertz CT molecular complexity index is 483. The van der Waals surface area contributed by atoms with Gasteiger partial charge in [-0.2, -0.15) is 0 Å². The summed E-state index contributed by atoms with van der Waals surface area (Å²) < 4.78 is 11.7. The first-order chi connectivity index (χ1) is 12.1. The van der Waals surface area contributed by atoms with Crippen LogP contribution in [-0.4, -0.2) is 10.2 Å². The first-order valence-corrected chi connectivity index (χ1v) is 11.5. The van der Waals surface area contributed by atoms with Gasteiger partial charge in [0.1, 0.15) is 0 Å². The third-order valence-electron chi connectivity index (χ3n) is 5.34. The average molecular weight is 368 g/mol. The number of hydrogen-bond donors (Lipinski definition) is 2. The zero-order chi connectivity index (χ0) is 18.5. The standard InChI is InChI=1S/C21H38NO2P/c1-4-7-8-9-10-11-12-13-19-14-16-20(17-15-19)18-22-21(5-2,6-3)25(23)24/h14-17,22,25H,4-13,18H2,1-3H3,(H,23,24). The van der Waals surface area contributed by atoms with Crippen molar-refractivity contribution >= 4 is 8.03 Å². The van der Waals surface area contributed by atoms with Crippen LogP contribution in [0.15, 0.2) is 24.3 Å². The summed E-state index contributed by atoms with van der Waals surface area (Å²) in [6, 6.07) is 8.70. The van der Waals surface area contributed by atoms with Crippen LogP contribution in [0, 0.1) is 0 Å². The van der Waals surface area contributed by atoms with E-state index in [4.69, 9.17) is 0 Å². The molecule has 0 aliphatic rings. The highest BCUT2D eigenvalue weighted by molar-refractivity contribution is 7.40. The fraction of sp³-hybridized carbons (Fsp3) is 0.714. The van der Waals surface area contributed by atoms with Gasteiger partial charge in [-0.25, -0.2) is 0 Å². The number of aryl methyl sites for hydroxylation is 1. The highest BCUT2D eigenvalue weighted by atomic mass is 31.1. The van der Waals surface area contributed by atoms with Crippen molar-refractivity contribution < 1.29 is 9.46 Å². The van der Waals surface area contributed by atoms with Gasteiger partial charge >= 0.3 is 0 Å². The molecule has 0 saturated heterocycles. The monoisotopic (exact) mass is 367 g/mol. The predicted octanol–water partition coefficient (Wildman–Crippen LogP) is 6.05. The van der Waals surface area contributed by atoms with Crippen molar-refractivity contribution in [3.63, 3.8) is 0 Å². The molecular formula is C21H38NO2P. The van der Waals surface area contributed by atoms with E-state index in [1.165, 1.54) is 56.1 Å². The van der Waals surface area contributed by atoms with Crippen LogP contribution in [0.4, 0.5) is 0 Å². The molecule has 2 N–H and O–H groups in total. The second-order valence-corrected chi connectivity index (χ2v) is 8.70. The summed E-state index contributed by atoms with van der Waals surface area (Å²) in [6.45, 7) is 6.85. The quantitative estimate of drug-likeness (QED) is 0.311. The van der Waals surface area contributed by atoms with Crippen molar-refractivity contribution in [2.45, 2.75) is 96.8 Å². The number of nitrogens with one attached hydrogen (secondary N) is 1. The molecule has 0 spiro atoms. The minimum absolute atomic E-state index is 0.624. The molecule has 1 atom stereocenters. The molecule has 0 bridgehead atoms. The summed E-state index contributed by atoms with van der Waals surface area (Å²) >= 11 is 0. The van der Waals surface area contributed by atoms with Gasteiger partial charge in [0, 0.05) is 6.54 Å². The van der Waals surface area contributed by atoms with E-state index in [2.05, 4.69) is 36.5 Å². The fourth-order valence-corrected chi connectivity index (χ4v) is 4.10. The highest BCUT2D eigenvalue weighted by Gasteiger charge is 2.31. The van der Waals surface area contributed by atoms with Crippen molar-refractivity contribution in [1.29, 1.82) is 0 Å². The minimum Gasteiger partial charge on any atom is -0.345 e. The van der Waals surface area contributed by atoms with Crippen LogP contribution in [0.1, 0.15) is 89.7 Å². The molecule has 0 aliphatic carbocycles. The van der Waals surface area contributed by atoms with Gasteiger partial charge in [-0.1, -0.05) is 83.6 Å². The Labute approximate surface area is 155 Å². The highest BCUT2D eigenvalue weighted by Crippen LogP contribution is 2.38. The molecule has 0 fully saturated rings. The Morgan fingerprint density at radius 2 is 1.40 bits per heavy atom. The van der Waals surface area contributed by atoms with E-state index in [0.29, 0.717) is 19.4 Å². The molecule has 0 amide bonds. The van der Waals surface area contributed by atoms with E-state index in [1.807, 2.05) is 13.8 Å². The van der Waals surface area contributed by atoms with Gasteiger partial charge in [0.2, 0.25) is 8.03 Å². The SMILES string of the molecule is CCCCCCCCCc1ccc(CNC(CC)(CC)[PH](=O)O)cc1. The first kappa shape index (κ1) is 22.4. The van der Waals surface area contributed by atoms with Gasteiger partial charge in [0.15, 0.2) is 0 Å². The predicted molar refractivity (Wildman–Crippen MR) is 110 cm³/mol. The molecule has 1 aromatic rings.